The molecule has 4 aromatic rings. The van der Waals surface area contributed by atoms with Crippen LogP contribution >= 0.6 is 0 Å². The first-order valence-corrected chi connectivity index (χ1v) is 9.74. The minimum atomic E-state index is -0.522. The van der Waals surface area contributed by atoms with Gasteiger partial charge in [-0.1, -0.05) is 91.0 Å². The van der Waals surface area contributed by atoms with Gasteiger partial charge < -0.3 is 5.32 Å². The zero-order valence-electron chi connectivity index (χ0n) is 16.5. The number of aromatic nitrogens is 2. The van der Waals surface area contributed by atoms with Crippen molar-refractivity contribution in [1.29, 1.82) is 0 Å². The average Bonchev–Trinajstić information content (AvgIpc) is 2.80. The van der Waals surface area contributed by atoms with Crippen molar-refractivity contribution in [3.63, 3.8) is 0 Å². The lowest BCUT2D eigenvalue weighted by Crippen LogP contribution is -2.33. The summed E-state index contributed by atoms with van der Waals surface area (Å²) in [6.45, 7) is 1.89. The monoisotopic (exact) mass is 395 g/mol. The molecule has 0 aliphatic heterocycles. The summed E-state index contributed by atoms with van der Waals surface area (Å²) in [5.74, 6) is -0.439. The van der Waals surface area contributed by atoms with E-state index in [1.165, 1.54) is 0 Å². The summed E-state index contributed by atoms with van der Waals surface area (Å²) >= 11 is 0. The number of carbonyl (C=O) groups is 1. The summed E-state index contributed by atoms with van der Waals surface area (Å²) < 4.78 is 0. The third-order valence-electron chi connectivity index (χ3n) is 4.97. The van der Waals surface area contributed by atoms with Gasteiger partial charge in [0.15, 0.2) is 0 Å². The number of H-pyrrole nitrogens is 1. The molecule has 148 valence electrons. The first-order valence-electron chi connectivity index (χ1n) is 9.74. The number of nitrogens with one attached hydrogen (secondary N) is 2. The molecule has 0 bridgehead atoms. The Morgan fingerprint density at radius 3 is 1.97 bits per heavy atom. The van der Waals surface area contributed by atoms with Gasteiger partial charge in [-0.2, -0.15) is 5.10 Å². The van der Waals surface area contributed by atoms with E-state index in [0.717, 1.165) is 16.7 Å². The van der Waals surface area contributed by atoms with Crippen LogP contribution < -0.4 is 10.9 Å². The van der Waals surface area contributed by atoms with E-state index in [4.69, 9.17) is 0 Å². The van der Waals surface area contributed by atoms with E-state index in [-0.39, 0.29) is 11.6 Å². The van der Waals surface area contributed by atoms with E-state index in [1.807, 2.05) is 97.9 Å². The molecule has 5 nitrogen and oxygen atoms in total. The van der Waals surface area contributed by atoms with Gasteiger partial charge in [0.25, 0.3) is 11.5 Å². The topological polar surface area (TPSA) is 74.8 Å². The summed E-state index contributed by atoms with van der Waals surface area (Å²) in [7, 11) is 0. The first-order chi connectivity index (χ1) is 14.6. The van der Waals surface area contributed by atoms with Crippen molar-refractivity contribution in [2.24, 2.45) is 0 Å². The zero-order valence-corrected chi connectivity index (χ0v) is 16.5. The molecule has 4 rings (SSSR count). The molecule has 3 aromatic carbocycles. The van der Waals surface area contributed by atoms with Crippen LogP contribution in [0.2, 0.25) is 0 Å². The number of aromatic amines is 1. The smallest absolute Gasteiger partial charge is 0.277 e. The Balaban J connectivity index is 1.85. The maximum absolute atomic E-state index is 13.3. The molecule has 0 aliphatic carbocycles. The molecular formula is C25H21N3O2. The maximum Gasteiger partial charge on any atom is 0.277 e. The molecule has 0 aliphatic rings. The molecule has 1 heterocycles. The Hall–Kier alpha value is -3.99. The fraction of sp³-hybridized carbons (Fsp3) is 0.0800. The number of hydrogen-bond donors (Lipinski definition) is 2. The molecule has 5 heteroatoms. The fourth-order valence-electron chi connectivity index (χ4n) is 3.45. The predicted molar refractivity (Wildman–Crippen MR) is 118 cm³/mol. The highest BCUT2D eigenvalue weighted by molar-refractivity contribution is 6.03. The second kappa shape index (κ2) is 8.57. The quantitative estimate of drug-likeness (QED) is 0.519. The van der Waals surface area contributed by atoms with E-state index in [9.17, 15) is 9.59 Å². The SMILES string of the molecule is CC(NC(=O)c1c(-c2ccccc2)c(-c2ccccc2)n[nH]c1=O)c1ccccc1. The van der Waals surface area contributed by atoms with Gasteiger partial charge in [0.1, 0.15) is 5.56 Å². The second-order valence-electron chi connectivity index (χ2n) is 6.99. The first kappa shape index (κ1) is 19.3. The van der Waals surface area contributed by atoms with Crippen molar-refractivity contribution in [1.82, 2.24) is 15.5 Å². The van der Waals surface area contributed by atoms with Crippen LogP contribution in [-0.2, 0) is 0 Å². The fourth-order valence-corrected chi connectivity index (χ4v) is 3.45. The highest BCUT2D eigenvalue weighted by atomic mass is 16.2. The van der Waals surface area contributed by atoms with Gasteiger partial charge in [0.05, 0.1) is 11.7 Å². The van der Waals surface area contributed by atoms with E-state index >= 15 is 0 Å². The van der Waals surface area contributed by atoms with Crippen LogP contribution in [-0.4, -0.2) is 16.1 Å². The van der Waals surface area contributed by atoms with E-state index in [0.29, 0.717) is 11.3 Å². The number of carbonyl (C=O) groups excluding carboxylic acids is 1. The summed E-state index contributed by atoms with van der Waals surface area (Å²) in [6.07, 6.45) is 0. The lowest BCUT2D eigenvalue weighted by atomic mass is 9.95. The van der Waals surface area contributed by atoms with Crippen LogP contribution in [0.25, 0.3) is 22.4 Å². The van der Waals surface area contributed by atoms with Crippen molar-refractivity contribution >= 4 is 5.91 Å². The van der Waals surface area contributed by atoms with Crippen LogP contribution in [0, 0.1) is 0 Å². The van der Waals surface area contributed by atoms with Gasteiger partial charge in [-0.15, -0.1) is 0 Å². The Kier molecular flexibility index (Phi) is 5.52. The number of amides is 1. The normalized spacial score (nSPS) is 11.6. The molecule has 0 saturated carbocycles. The number of nitrogens with zero attached hydrogens (tertiary/aromatic N) is 1. The van der Waals surface area contributed by atoms with Gasteiger partial charge >= 0.3 is 0 Å². The van der Waals surface area contributed by atoms with Crippen LogP contribution in [0.15, 0.2) is 95.8 Å². The molecule has 1 aromatic heterocycles. The molecule has 1 unspecified atom stereocenters. The van der Waals surface area contributed by atoms with Crippen LogP contribution in [0.4, 0.5) is 0 Å². The summed E-state index contributed by atoms with van der Waals surface area (Å²) in [5.41, 5.74) is 3.14. The molecule has 0 radical (unpaired) electrons. The maximum atomic E-state index is 13.3. The molecule has 0 fully saturated rings. The molecule has 1 atom stereocenters. The highest BCUT2D eigenvalue weighted by Gasteiger charge is 2.24. The Morgan fingerprint density at radius 2 is 1.37 bits per heavy atom. The van der Waals surface area contributed by atoms with Crippen LogP contribution in [0.1, 0.15) is 28.9 Å². The minimum absolute atomic E-state index is 0.0536. The lowest BCUT2D eigenvalue weighted by molar-refractivity contribution is 0.0939. The molecule has 2 N–H and O–H groups in total. The molecule has 0 spiro atoms. The summed E-state index contributed by atoms with van der Waals surface area (Å²) in [5, 5.41) is 9.75. The standard InChI is InChI=1S/C25H21N3O2/c1-17(18-11-5-2-6-12-18)26-24(29)22-21(19-13-7-3-8-14-19)23(27-28-25(22)30)20-15-9-4-10-16-20/h2-17H,1H3,(H,26,29)(H,28,30). The number of hydrogen-bond acceptors (Lipinski definition) is 3. The average molecular weight is 395 g/mol. The number of benzene rings is 3. The van der Waals surface area contributed by atoms with Crippen LogP contribution in [0.5, 0.6) is 0 Å². The van der Waals surface area contributed by atoms with Crippen LogP contribution in [0.3, 0.4) is 0 Å². The molecule has 0 saturated heterocycles. The highest BCUT2D eigenvalue weighted by Crippen LogP contribution is 2.31. The van der Waals surface area contributed by atoms with Gasteiger partial charge in [0, 0.05) is 11.1 Å². The summed E-state index contributed by atoms with van der Waals surface area (Å²) in [6, 6.07) is 28.3. The van der Waals surface area contributed by atoms with E-state index in [2.05, 4.69) is 15.5 Å². The van der Waals surface area contributed by atoms with Crippen molar-refractivity contribution in [3.05, 3.63) is 112 Å². The minimum Gasteiger partial charge on any atom is -0.345 e. The molecular weight excluding hydrogens is 374 g/mol. The van der Waals surface area contributed by atoms with E-state index < -0.39 is 11.5 Å². The second-order valence-corrected chi connectivity index (χ2v) is 6.99. The predicted octanol–water partition coefficient (Wildman–Crippen LogP) is 4.59. The Bertz CT molecular complexity index is 1200. The third-order valence-corrected chi connectivity index (χ3v) is 4.97. The van der Waals surface area contributed by atoms with Crippen molar-refractivity contribution in [2.45, 2.75) is 13.0 Å². The Morgan fingerprint density at radius 1 is 0.833 bits per heavy atom. The molecule has 30 heavy (non-hydrogen) atoms. The van der Waals surface area contributed by atoms with Gasteiger partial charge in [0.2, 0.25) is 0 Å². The van der Waals surface area contributed by atoms with Gasteiger partial charge in [-0.3, -0.25) is 9.59 Å². The lowest BCUT2D eigenvalue weighted by Gasteiger charge is -2.17. The van der Waals surface area contributed by atoms with Crippen molar-refractivity contribution in [2.75, 3.05) is 0 Å². The van der Waals surface area contributed by atoms with Gasteiger partial charge in [-0.05, 0) is 18.1 Å². The molecule has 1 amide bonds. The summed E-state index contributed by atoms with van der Waals surface area (Å²) in [4.78, 5) is 26.0. The number of rotatable bonds is 5. The van der Waals surface area contributed by atoms with E-state index in [1.54, 1.807) is 0 Å². The van der Waals surface area contributed by atoms with Crippen molar-refractivity contribution < 1.29 is 4.79 Å². The zero-order chi connectivity index (χ0) is 20.9. The third kappa shape index (κ3) is 3.91. The largest absolute Gasteiger partial charge is 0.345 e. The Labute approximate surface area is 174 Å². The van der Waals surface area contributed by atoms with Gasteiger partial charge in [-0.25, -0.2) is 5.10 Å². The van der Waals surface area contributed by atoms with Crippen molar-refractivity contribution in [3.8, 4) is 22.4 Å².